The van der Waals surface area contributed by atoms with Gasteiger partial charge < -0.3 is 4.74 Å². The van der Waals surface area contributed by atoms with Crippen molar-refractivity contribution in [2.45, 2.75) is 6.36 Å². The van der Waals surface area contributed by atoms with E-state index in [4.69, 9.17) is 23.2 Å². The molecule has 0 saturated carbocycles. The highest BCUT2D eigenvalue weighted by molar-refractivity contribution is 6.67. The molecule has 0 amide bonds. The van der Waals surface area contributed by atoms with Gasteiger partial charge in [0, 0.05) is 5.56 Å². The lowest BCUT2D eigenvalue weighted by Crippen LogP contribution is -2.17. The van der Waals surface area contributed by atoms with Crippen molar-refractivity contribution in [3.63, 3.8) is 0 Å². The zero-order valence-corrected chi connectivity index (χ0v) is 8.45. The van der Waals surface area contributed by atoms with Crippen LogP contribution in [0, 0.1) is 0 Å². The highest BCUT2D eigenvalue weighted by Gasteiger charge is 2.32. The van der Waals surface area contributed by atoms with Crippen LogP contribution < -0.4 is 4.74 Å². The third-order valence-electron chi connectivity index (χ3n) is 1.38. The van der Waals surface area contributed by atoms with Crippen LogP contribution in [0.15, 0.2) is 18.2 Å². The Balaban J connectivity index is 2.99. The van der Waals surface area contributed by atoms with Gasteiger partial charge in [0.05, 0.1) is 5.02 Å². The fourth-order valence-corrected chi connectivity index (χ4v) is 1.17. The van der Waals surface area contributed by atoms with E-state index in [1.165, 1.54) is 0 Å². The molecule has 0 unspecified atom stereocenters. The third-order valence-corrected chi connectivity index (χ3v) is 1.90. The zero-order valence-electron chi connectivity index (χ0n) is 6.94. The first-order valence-electron chi connectivity index (χ1n) is 3.55. The average Bonchev–Trinajstić information content (AvgIpc) is 2.05. The predicted molar refractivity (Wildman–Crippen MR) is 48.3 cm³/mol. The van der Waals surface area contributed by atoms with Crippen LogP contribution in [-0.2, 0) is 0 Å². The minimum Gasteiger partial charge on any atom is -0.404 e. The summed E-state index contributed by atoms with van der Waals surface area (Å²) in [6.07, 6.45) is -4.82. The largest absolute Gasteiger partial charge is 0.573 e. The summed E-state index contributed by atoms with van der Waals surface area (Å²) in [5.74, 6) is -0.578. The van der Waals surface area contributed by atoms with Crippen molar-refractivity contribution in [1.82, 2.24) is 0 Å². The Morgan fingerprint density at radius 2 is 1.93 bits per heavy atom. The van der Waals surface area contributed by atoms with Crippen LogP contribution >= 0.6 is 23.2 Å². The van der Waals surface area contributed by atoms with E-state index in [1.807, 2.05) is 0 Å². The molecule has 7 heteroatoms. The van der Waals surface area contributed by atoms with Crippen molar-refractivity contribution in [2.24, 2.45) is 0 Å². The van der Waals surface area contributed by atoms with Gasteiger partial charge in [-0.3, -0.25) is 4.79 Å². The molecule has 0 saturated heterocycles. The summed E-state index contributed by atoms with van der Waals surface area (Å²) in [5, 5.41) is -1.14. The van der Waals surface area contributed by atoms with Crippen molar-refractivity contribution < 1.29 is 22.7 Å². The quantitative estimate of drug-likeness (QED) is 0.758. The molecule has 0 N–H and O–H groups in total. The third kappa shape index (κ3) is 3.60. The van der Waals surface area contributed by atoms with Gasteiger partial charge in [0.15, 0.2) is 0 Å². The molecule has 1 rings (SSSR count). The number of hydrogen-bond acceptors (Lipinski definition) is 2. The summed E-state index contributed by atoms with van der Waals surface area (Å²) < 4.78 is 39.0. The topological polar surface area (TPSA) is 26.3 Å². The molecular formula is C8H3Cl2F3O2. The van der Waals surface area contributed by atoms with Crippen molar-refractivity contribution in [3.8, 4) is 5.75 Å². The molecule has 1 aromatic carbocycles. The van der Waals surface area contributed by atoms with Gasteiger partial charge in [0.2, 0.25) is 0 Å². The second kappa shape index (κ2) is 4.28. The summed E-state index contributed by atoms with van der Waals surface area (Å²) in [4.78, 5) is 10.6. The molecule has 0 spiro atoms. The van der Waals surface area contributed by atoms with E-state index in [0.717, 1.165) is 18.2 Å². The molecule has 0 aliphatic rings. The van der Waals surface area contributed by atoms with Crippen molar-refractivity contribution in [2.75, 3.05) is 0 Å². The molecule has 1 aromatic rings. The Kier molecular flexibility index (Phi) is 3.46. The number of ether oxygens (including phenoxy) is 1. The fraction of sp³-hybridized carbons (Fsp3) is 0.125. The van der Waals surface area contributed by atoms with E-state index >= 15 is 0 Å². The van der Waals surface area contributed by atoms with Crippen molar-refractivity contribution in [3.05, 3.63) is 28.8 Å². The normalized spacial score (nSPS) is 11.3. The predicted octanol–water partition coefficient (Wildman–Crippen LogP) is 3.62. The Hall–Kier alpha value is -0.940. The lowest BCUT2D eigenvalue weighted by atomic mass is 10.2. The molecule has 0 heterocycles. The molecule has 15 heavy (non-hydrogen) atoms. The van der Waals surface area contributed by atoms with E-state index in [-0.39, 0.29) is 10.6 Å². The summed E-state index contributed by atoms with van der Waals surface area (Å²) >= 11 is 10.5. The number of carbonyl (C=O) groups is 1. The lowest BCUT2D eigenvalue weighted by Gasteiger charge is -2.10. The van der Waals surface area contributed by atoms with E-state index in [9.17, 15) is 18.0 Å². The van der Waals surface area contributed by atoms with Crippen LogP contribution in [0.5, 0.6) is 5.75 Å². The fourth-order valence-electron chi connectivity index (χ4n) is 0.831. The van der Waals surface area contributed by atoms with E-state index in [2.05, 4.69) is 4.74 Å². The van der Waals surface area contributed by atoms with Gasteiger partial charge in [-0.1, -0.05) is 11.6 Å². The van der Waals surface area contributed by atoms with E-state index in [1.54, 1.807) is 0 Å². The van der Waals surface area contributed by atoms with Crippen LogP contribution in [0.1, 0.15) is 10.4 Å². The van der Waals surface area contributed by atoms with E-state index < -0.39 is 17.4 Å². The number of halogens is 5. The maximum atomic E-state index is 11.8. The van der Waals surface area contributed by atoms with Gasteiger partial charge in [0.1, 0.15) is 5.75 Å². The summed E-state index contributed by atoms with van der Waals surface area (Å²) in [6.45, 7) is 0. The second-order valence-electron chi connectivity index (χ2n) is 2.47. The number of benzene rings is 1. The molecule has 0 aromatic heterocycles. The Morgan fingerprint density at radius 1 is 1.33 bits per heavy atom. The number of alkyl halides is 3. The molecule has 0 fully saturated rings. The minimum atomic E-state index is -4.82. The Labute approximate surface area is 92.5 Å². The summed E-state index contributed by atoms with van der Waals surface area (Å²) in [6, 6.07) is 3.01. The monoisotopic (exact) mass is 258 g/mol. The first-order valence-corrected chi connectivity index (χ1v) is 4.30. The smallest absolute Gasteiger partial charge is 0.404 e. The molecule has 0 aliphatic heterocycles. The van der Waals surface area contributed by atoms with Crippen LogP contribution in [0.4, 0.5) is 13.2 Å². The van der Waals surface area contributed by atoms with Crippen LogP contribution in [0.2, 0.25) is 5.02 Å². The zero-order chi connectivity index (χ0) is 11.6. The number of rotatable bonds is 2. The molecule has 0 bridgehead atoms. The summed E-state index contributed by atoms with van der Waals surface area (Å²) in [5.41, 5.74) is -0.00353. The van der Waals surface area contributed by atoms with Crippen molar-refractivity contribution >= 4 is 28.4 Å². The Morgan fingerprint density at radius 3 is 2.33 bits per heavy atom. The SMILES string of the molecule is O=C(Cl)c1ccc(OC(F)(F)F)c(Cl)c1. The average molecular weight is 259 g/mol. The number of carbonyl (C=O) groups excluding carboxylic acids is 1. The molecule has 0 atom stereocenters. The van der Waals surface area contributed by atoms with Crippen LogP contribution in [0.25, 0.3) is 0 Å². The molecule has 0 radical (unpaired) electrons. The highest BCUT2D eigenvalue weighted by Crippen LogP contribution is 2.30. The first-order chi connectivity index (χ1) is 6.79. The lowest BCUT2D eigenvalue weighted by molar-refractivity contribution is -0.274. The van der Waals surface area contributed by atoms with Gasteiger partial charge in [-0.25, -0.2) is 0 Å². The van der Waals surface area contributed by atoms with Gasteiger partial charge in [0.25, 0.3) is 5.24 Å². The van der Waals surface area contributed by atoms with E-state index in [0.29, 0.717) is 0 Å². The number of hydrogen-bond donors (Lipinski definition) is 0. The van der Waals surface area contributed by atoms with Crippen LogP contribution in [0.3, 0.4) is 0 Å². The molecule has 82 valence electrons. The maximum Gasteiger partial charge on any atom is 0.573 e. The first kappa shape index (κ1) is 12.1. The van der Waals surface area contributed by atoms with Gasteiger partial charge in [-0.15, -0.1) is 13.2 Å². The molecule has 0 aliphatic carbocycles. The second-order valence-corrected chi connectivity index (χ2v) is 3.22. The standard InChI is InChI=1S/C8H3Cl2F3O2/c9-5-3-4(7(10)14)1-2-6(5)15-8(11,12)13/h1-3H. The van der Waals surface area contributed by atoms with Crippen molar-refractivity contribution in [1.29, 1.82) is 0 Å². The minimum absolute atomic E-state index is 0.00353. The maximum absolute atomic E-state index is 11.8. The van der Waals surface area contributed by atoms with Gasteiger partial charge in [-0.2, -0.15) is 0 Å². The molecular weight excluding hydrogens is 256 g/mol. The van der Waals surface area contributed by atoms with Gasteiger partial charge >= 0.3 is 6.36 Å². The highest BCUT2D eigenvalue weighted by atomic mass is 35.5. The summed E-state index contributed by atoms with van der Waals surface area (Å²) in [7, 11) is 0. The van der Waals surface area contributed by atoms with Crippen LogP contribution in [-0.4, -0.2) is 11.6 Å². The Bertz CT molecular complexity index is 390. The van der Waals surface area contributed by atoms with Gasteiger partial charge in [-0.05, 0) is 29.8 Å². The molecule has 2 nitrogen and oxygen atoms in total.